The lowest BCUT2D eigenvalue weighted by atomic mass is 9.80. The quantitative estimate of drug-likeness (QED) is 0.0620. The molecule has 1 fully saturated rings. The van der Waals surface area contributed by atoms with Gasteiger partial charge in [0.25, 0.3) is 8.53 Å². The van der Waals surface area contributed by atoms with Crippen LogP contribution in [-0.2, 0) is 28.9 Å². The summed E-state index contributed by atoms with van der Waals surface area (Å²) in [5.41, 5.74) is 0.540. The van der Waals surface area contributed by atoms with E-state index in [9.17, 15) is 20.1 Å². The summed E-state index contributed by atoms with van der Waals surface area (Å²) in [6.07, 6.45) is -0.755. The van der Waals surface area contributed by atoms with Crippen LogP contribution < -0.4 is 20.5 Å². The third kappa shape index (κ3) is 10.0. The lowest BCUT2D eigenvalue weighted by Crippen LogP contribution is -2.39. The molecule has 1 aromatic heterocycles. The van der Waals surface area contributed by atoms with E-state index < -0.39 is 44.2 Å². The van der Waals surface area contributed by atoms with Gasteiger partial charge >= 0.3 is 5.69 Å². The molecule has 14 nitrogen and oxygen atoms in total. The summed E-state index contributed by atoms with van der Waals surface area (Å²) in [6.45, 7) is 9.57. The van der Waals surface area contributed by atoms with Gasteiger partial charge in [0.1, 0.15) is 41.1 Å². The monoisotopic (exact) mass is 796 g/mol. The third-order valence-corrected chi connectivity index (χ3v) is 11.5. The minimum atomic E-state index is -1.74. The molecule has 1 aliphatic rings. The van der Waals surface area contributed by atoms with Crippen LogP contribution in [0, 0.1) is 22.7 Å². The van der Waals surface area contributed by atoms with Gasteiger partial charge in [-0.1, -0.05) is 54.6 Å². The van der Waals surface area contributed by atoms with Crippen molar-refractivity contribution in [3.8, 4) is 23.6 Å². The van der Waals surface area contributed by atoms with E-state index in [1.807, 2.05) is 113 Å². The number of methoxy groups -OCH3 is 2. The SMILES string of the molecule is COc1ccc(C(OC[C@H]2O[C@@H](n3cc(C#N)c(NC(C)=O)nc3=O)C[C@@H]2OP(OCCC#N)N(C(C)C)C(C)C)(c2ccccc2)c2ccc(OC)cc2)cc1. The first-order valence-corrected chi connectivity index (χ1v) is 19.8. The number of carbonyl (C=O) groups is 1. The molecule has 0 aliphatic carbocycles. The van der Waals surface area contributed by atoms with Gasteiger partial charge in [0.05, 0.1) is 46.0 Å². The molecule has 1 N–H and O–H groups in total. The second kappa shape index (κ2) is 19.8. The molecule has 4 atom stereocenters. The van der Waals surface area contributed by atoms with Crippen LogP contribution in [0.15, 0.2) is 89.9 Å². The maximum absolute atomic E-state index is 13.5. The fourth-order valence-electron chi connectivity index (χ4n) is 6.84. The Morgan fingerprint density at radius 3 is 2.05 bits per heavy atom. The van der Waals surface area contributed by atoms with Gasteiger partial charge in [0.2, 0.25) is 5.91 Å². The number of nitrogens with zero attached hydrogens (tertiary/aromatic N) is 5. The molecule has 15 heteroatoms. The molecule has 300 valence electrons. The molecule has 5 rings (SSSR count). The molecular weight excluding hydrogens is 747 g/mol. The molecule has 0 saturated carbocycles. The van der Waals surface area contributed by atoms with Crippen molar-refractivity contribution in [2.45, 2.75) is 83.6 Å². The maximum atomic E-state index is 13.5. The number of anilines is 1. The molecule has 1 amide bonds. The number of amides is 1. The van der Waals surface area contributed by atoms with Crippen LogP contribution in [-0.4, -0.2) is 71.9 Å². The fraction of sp³-hybridized carbons (Fsp3) is 0.405. The molecule has 4 aromatic rings. The van der Waals surface area contributed by atoms with Gasteiger partial charge < -0.3 is 33.3 Å². The van der Waals surface area contributed by atoms with E-state index in [4.69, 9.17) is 28.0 Å². The highest BCUT2D eigenvalue weighted by Crippen LogP contribution is 2.50. The van der Waals surface area contributed by atoms with Crippen molar-refractivity contribution in [3.63, 3.8) is 0 Å². The number of nitriles is 2. The second-order valence-corrected chi connectivity index (χ2v) is 15.3. The first-order valence-electron chi connectivity index (χ1n) is 18.7. The topological polar surface area (TPSA) is 170 Å². The second-order valence-electron chi connectivity index (χ2n) is 13.9. The lowest BCUT2D eigenvalue weighted by molar-refractivity contribution is -0.114. The molecule has 0 spiro atoms. The normalized spacial score (nSPS) is 17.3. The Bertz CT molecular complexity index is 2030. The minimum absolute atomic E-state index is 0.0134. The molecule has 2 heterocycles. The average molecular weight is 797 g/mol. The van der Waals surface area contributed by atoms with Crippen molar-refractivity contribution < 1.29 is 32.8 Å². The molecule has 0 bridgehead atoms. The van der Waals surface area contributed by atoms with E-state index in [1.165, 1.54) is 17.7 Å². The van der Waals surface area contributed by atoms with Gasteiger partial charge in [-0.25, -0.2) is 9.46 Å². The molecule has 3 aromatic carbocycles. The van der Waals surface area contributed by atoms with Crippen LogP contribution in [0.25, 0.3) is 0 Å². The van der Waals surface area contributed by atoms with Crippen molar-refractivity contribution in [2.24, 2.45) is 0 Å². The number of hydrogen-bond donors (Lipinski definition) is 1. The van der Waals surface area contributed by atoms with E-state index in [0.29, 0.717) is 11.5 Å². The summed E-state index contributed by atoms with van der Waals surface area (Å²) in [5.74, 6) is 0.744. The number of carbonyl (C=O) groups excluding carboxylic acids is 1. The molecule has 1 saturated heterocycles. The molecule has 0 radical (unpaired) electrons. The van der Waals surface area contributed by atoms with Crippen molar-refractivity contribution >= 4 is 20.3 Å². The Hall–Kier alpha value is -5.18. The van der Waals surface area contributed by atoms with Crippen molar-refractivity contribution in [2.75, 3.05) is 32.8 Å². The van der Waals surface area contributed by atoms with Gasteiger partial charge in [-0.2, -0.15) is 15.5 Å². The zero-order valence-electron chi connectivity index (χ0n) is 33.2. The van der Waals surface area contributed by atoms with E-state index in [0.717, 1.165) is 16.7 Å². The Kier molecular flexibility index (Phi) is 14.9. The Labute approximate surface area is 334 Å². The summed E-state index contributed by atoms with van der Waals surface area (Å²) in [7, 11) is 1.48. The van der Waals surface area contributed by atoms with Gasteiger partial charge in [-0.15, -0.1) is 0 Å². The predicted octanol–water partition coefficient (Wildman–Crippen LogP) is 7.05. The first kappa shape index (κ1) is 43.0. The highest BCUT2D eigenvalue weighted by atomic mass is 31.2. The minimum Gasteiger partial charge on any atom is -0.497 e. The third-order valence-electron chi connectivity index (χ3n) is 9.38. The average Bonchev–Trinajstić information content (AvgIpc) is 3.60. The Morgan fingerprint density at radius 1 is 0.965 bits per heavy atom. The Morgan fingerprint density at radius 2 is 1.54 bits per heavy atom. The standard InChI is InChI=1S/C42H49N6O8P/c1-28(2)48(29(3)4)57(54-23-11-22-43)56-37-24-39(47-26-31(25-44)40(45-30(5)49)46-41(47)50)55-38(37)27-53-42(32-12-9-8-10-13-32,33-14-18-35(51-6)19-15-33)34-16-20-36(52-7)21-17-34/h8-10,12-21,26,28-29,37-39H,11,23-24,27H2,1-7H3,(H,45,46,49,50)/t37-,38+,39+,57?/m0/s1. The number of ether oxygens (including phenoxy) is 4. The maximum Gasteiger partial charge on any atom is 0.351 e. The first-order chi connectivity index (χ1) is 27.4. The van der Waals surface area contributed by atoms with Crippen LogP contribution in [0.3, 0.4) is 0 Å². The van der Waals surface area contributed by atoms with Crippen molar-refractivity contribution in [1.82, 2.24) is 14.2 Å². The molecular formula is C42H49N6O8P. The van der Waals surface area contributed by atoms with E-state index in [-0.39, 0.29) is 49.5 Å². The molecule has 1 unspecified atom stereocenters. The lowest BCUT2D eigenvalue weighted by Gasteiger charge is -2.39. The molecule has 57 heavy (non-hydrogen) atoms. The van der Waals surface area contributed by atoms with E-state index in [1.54, 1.807) is 14.2 Å². The van der Waals surface area contributed by atoms with Crippen LogP contribution in [0.1, 0.15) is 75.9 Å². The number of rotatable bonds is 18. The number of hydrogen-bond acceptors (Lipinski definition) is 12. The summed E-state index contributed by atoms with van der Waals surface area (Å²) in [6, 6.07) is 29.4. The Balaban J connectivity index is 1.62. The zero-order chi connectivity index (χ0) is 41.1. The summed E-state index contributed by atoms with van der Waals surface area (Å²) >= 11 is 0. The summed E-state index contributed by atoms with van der Waals surface area (Å²) in [5, 5.41) is 21.7. The van der Waals surface area contributed by atoms with Crippen LogP contribution in [0.2, 0.25) is 0 Å². The van der Waals surface area contributed by atoms with Crippen LogP contribution in [0.4, 0.5) is 5.82 Å². The number of benzene rings is 3. The van der Waals surface area contributed by atoms with Gasteiger partial charge in [0.15, 0.2) is 5.82 Å². The van der Waals surface area contributed by atoms with E-state index in [2.05, 4.69) is 21.0 Å². The highest BCUT2D eigenvalue weighted by Gasteiger charge is 2.45. The van der Waals surface area contributed by atoms with Gasteiger partial charge in [-0.3, -0.25) is 9.36 Å². The van der Waals surface area contributed by atoms with Gasteiger partial charge in [-0.05, 0) is 68.7 Å². The predicted molar refractivity (Wildman–Crippen MR) is 214 cm³/mol. The smallest absolute Gasteiger partial charge is 0.351 e. The highest BCUT2D eigenvalue weighted by molar-refractivity contribution is 7.44. The van der Waals surface area contributed by atoms with Crippen molar-refractivity contribution in [3.05, 3.63) is 118 Å². The number of aromatic nitrogens is 2. The molecule has 1 aliphatic heterocycles. The zero-order valence-corrected chi connectivity index (χ0v) is 34.1. The fourth-order valence-corrected chi connectivity index (χ4v) is 8.60. The van der Waals surface area contributed by atoms with Gasteiger partial charge in [0, 0.05) is 31.6 Å². The van der Waals surface area contributed by atoms with Crippen LogP contribution >= 0.6 is 8.53 Å². The van der Waals surface area contributed by atoms with Crippen molar-refractivity contribution in [1.29, 1.82) is 10.5 Å². The largest absolute Gasteiger partial charge is 0.497 e. The van der Waals surface area contributed by atoms with Crippen LogP contribution in [0.5, 0.6) is 11.5 Å². The summed E-state index contributed by atoms with van der Waals surface area (Å²) in [4.78, 5) is 29.4. The summed E-state index contributed by atoms with van der Waals surface area (Å²) < 4.78 is 41.5. The van der Waals surface area contributed by atoms with E-state index >= 15 is 0 Å². The number of nitrogens with one attached hydrogen (secondary N) is 1.